The Morgan fingerprint density at radius 3 is 2.68 bits per heavy atom. The second-order valence-corrected chi connectivity index (χ2v) is 5.57. The van der Waals surface area contributed by atoms with Gasteiger partial charge in [0.15, 0.2) is 0 Å². The van der Waals surface area contributed by atoms with Gasteiger partial charge in [0, 0.05) is 23.6 Å². The highest BCUT2D eigenvalue weighted by molar-refractivity contribution is 5.97. The number of benzene rings is 1. The minimum absolute atomic E-state index is 0.0384. The van der Waals surface area contributed by atoms with Gasteiger partial charge in [0.25, 0.3) is 5.91 Å². The average Bonchev–Trinajstić information content (AvgIpc) is 2.37. The summed E-state index contributed by atoms with van der Waals surface area (Å²) in [4.78, 5) is 12.1. The molecule has 1 aromatic rings. The van der Waals surface area contributed by atoms with Crippen LogP contribution in [0.2, 0.25) is 0 Å². The third-order valence-electron chi connectivity index (χ3n) is 4.10. The molecule has 2 atom stereocenters. The van der Waals surface area contributed by atoms with Crippen molar-refractivity contribution < 1.29 is 14.6 Å². The fourth-order valence-corrected chi connectivity index (χ4v) is 2.27. The second kappa shape index (κ2) is 4.74. The molecule has 1 amide bonds. The number of hydrogen-bond donors (Lipinski definition) is 3. The molecule has 1 fully saturated rings. The second-order valence-electron chi connectivity index (χ2n) is 5.57. The van der Waals surface area contributed by atoms with Crippen molar-refractivity contribution in [1.82, 2.24) is 5.32 Å². The number of nitrogens with two attached hydrogens (primary N) is 1. The van der Waals surface area contributed by atoms with Gasteiger partial charge in [-0.1, -0.05) is 13.8 Å². The van der Waals surface area contributed by atoms with Crippen molar-refractivity contribution in [2.45, 2.75) is 32.4 Å². The van der Waals surface area contributed by atoms with E-state index in [0.717, 1.165) is 6.42 Å². The van der Waals surface area contributed by atoms with Crippen LogP contribution in [0.1, 0.15) is 30.6 Å². The van der Waals surface area contributed by atoms with Gasteiger partial charge < -0.3 is 20.9 Å². The summed E-state index contributed by atoms with van der Waals surface area (Å²) in [6.45, 7) is 4.06. The summed E-state index contributed by atoms with van der Waals surface area (Å²) in [6, 6.07) is 4.76. The topological polar surface area (TPSA) is 84.6 Å². The monoisotopic (exact) mass is 264 g/mol. The Bertz CT molecular complexity index is 499. The molecular formula is C14H20N2O3. The van der Waals surface area contributed by atoms with E-state index in [-0.39, 0.29) is 34.7 Å². The first-order chi connectivity index (χ1) is 8.86. The van der Waals surface area contributed by atoms with Crippen LogP contribution in [0.5, 0.6) is 11.5 Å². The lowest BCUT2D eigenvalue weighted by molar-refractivity contribution is 0.0585. The molecule has 0 aliphatic heterocycles. The fraction of sp³-hybridized carbons (Fsp3) is 0.500. The highest BCUT2D eigenvalue weighted by atomic mass is 16.5. The normalized spacial score (nSPS) is 24.4. The van der Waals surface area contributed by atoms with E-state index in [0.29, 0.717) is 5.75 Å². The highest BCUT2D eigenvalue weighted by Crippen LogP contribution is 2.39. The molecular weight excluding hydrogens is 244 g/mol. The smallest absolute Gasteiger partial charge is 0.255 e. The first-order valence-corrected chi connectivity index (χ1v) is 6.29. The van der Waals surface area contributed by atoms with Gasteiger partial charge >= 0.3 is 0 Å². The van der Waals surface area contributed by atoms with Crippen molar-refractivity contribution >= 4 is 5.91 Å². The maximum Gasteiger partial charge on any atom is 0.255 e. The van der Waals surface area contributed by atoms with Crippen LogP contribution in [-0.2, 0) is 0 Å². The van der Waals surface area contributed by atoms with Gasteiger partial charge in [0.1, 0.15) is 11.5 Å². The minimum Gasteiger partial charge on any atom is -0.507 e. The van der Waals surface area contributed by atoms with E-state index in [9.17, 15) is 9.90 Å². The summed E-state index contributed by atoms with van der Waals surface area (Å²) < 4.78 is 4.98. The van der Waals surface area contributed by atoms with Crippen molar-refractivity contribution in [2.24, 2.45) is 11.1 Å². The van der Waals surface area contributed by atoms with Crippen LogP contribution in [0.3, 0.4) is 0 Å². The molecule has 19 heavy (non-hydrogen) atoms. The average molecular weight is 264 g/mol. The molecule has 2 rings (SSSR count). The molecule has 0 heterocycles. The molecule has 0 bridgehead atoms. The van der Waals surface area contributed by atoms with Crippen LogP contribution in [-0.4, -0.2) is 30.2 Å². The third kappa shape index (κ3) is 2.38. The molecule has 0 saturated heterocycles. The Kier molecular flexibility index (Phi) is 3.41. The van der Waals surface area contributed by atoms with E-state index in [2.05, 4.69) is 5.32 Å². The molecule has 1 aliphatic carbocycles. The van der Waals surface area contributed by atoms with Gasteiger partial charge in [-0.2, -0.15) is 0 Å². The number of rotatable bonds is 3. The van der Waals surface area contributed by atoms with Gasteiger partial charge in [-0.25, -0.2) is 0 Å². The predicted molar refractivity (Wildman–Crippen MR) is 72.3 cm³/mol. The summed E-state index contributed by atoms with van der Waals surface area (Å²) in [5.74, 6) is 0.142. The maximum atomic E-state index is 12.1. The molecule has 5 nitrogen and oxygen atoms in total. The van der Waals surface area contributed by atoms with E-state index >= 15 is 0 Å². The number of carbonyl (C=O) groups excluding carboxylic acids is 1. The molecule has 4 N–H and O–H groups in total. The molecule has 1 aromatic carbocycles. The molecule has 1 aliphatic rings. The van der Waals surface area contributed by atoms with E-state index in [4.69, 9.17) is 10.5 Å². The Hall–Kier alpha value is -1.75. The zero-order chi connectivity index (χ0) is 14.2. The van der Waals surface area contributed by atoms with Crippen molar-refractivity contribution in [3.63, 3.8) is 0 Å². The number of carbonyl (C=O) groups is 1. The predicted octanol–water partition coefficient (Wildman–Crippen LogP) is 1.26. The minimum atomic E-state index is -0.287. The molecule has 104 valence electrons. The zero-order valence-corrected chi connectivity index (χ0v) is 11.4. The number of amides is 1. The summed E-state index contributed by atoms with van der Waals surface area (Å²) in [5.41, 5.74) is 6.05. The summed E-state index contributed by atoms with van der Waals surface area (Å²) in [6.07, 6.45) is 0.760. The SMILES string of the molecule is COc1ccc(C(=O)NC2CC(N)C2(C)C)c(O)c1. The maximum absolute atomic E-state index is 12.1. The van der Waals surface area contributed by atoms with Crippen LogP contribution in [0.15, 0.2) is 18.2 Å². The van der Waals surface area contributed by atoms with Crippen LogP contribution in [0, 0.1) is 5.41 Å². The molecule has 5 heteroatoms. The molecule has 0 spiro atoms. The molecule has 2 unspecified atom stereocenters. The number of nitrogens with one attached hydrogen (secondary N) is 1. The Labute approximate surface area is 112 Å². The first kappa shape index (κ1) is 13.7. The standard InChI is InChI=1S/C14H20N2O3/c1-14(2)11(15)7-12(14)16-13(18)9-5-4-8(19-3)6-10(9)17/h4-6,11-12,17H,7,15H2,1-3H3,(H,16,18). The number of methoxy groups -OCH3 is 1. The van der Waals surface area contributed by atoms with Gasteiger partial charge in [-0.3, -0.25) is 4.79 Å². The third-order valence-corrected chi connectivity index (χ3v) is 4.10. The van der Waals surface area contributed by atoms with Crippen molar-refractivity contribution in [1.29, 1.82) is 0 Å². The van der Waals surface area contributed by atoms with Crippen molar-refractivity contribution in [2.75, 3.05) is 7.11 Å². The fourth-order valence-electron chi connectivity index (χ4n) is 2.27. The summed E-state index contributed by atoms with van der Waals surface area (Å²) in [5, 5.41) is 12.7. The molecule has 1 saturated carbocycles. The Morgan fingerprint density at radius 1 is 1.53 bits per heavy atom. The Morgan fingerprint density at radius 2 is 2.21 bits per heavy atom. The van der Waals surface area contributed by atoms with Crippen LogP contribution >= 0.6 is 0 Å². The van der Waals surface area contributed by atoms with Crippen molar-refractivity contribution in [3.8, 4) is 11.5 Å². The van der Waals surface area contributed by atoms with E-state index < -0.39 is 0 Å². The van der Waals surface area contributed by atoms with Crippen LogP contribution < -0.4 is 15.8 Å². The lowest BCUT2D eigenvalue weighted by atomic mass is 9.63. The first-order valence-electron chi connectivity index (χ1n) is 6.29. The molecule has 0 aromatic heterocycles. The van der Waals surface area contributed by atoms with Crippen molar-refractivity contribution in [3.05, 3.63) is 23.8 Å². The highest BCUT2D eigenvalue weighted by Gasteiger charge is 2.46. The zero-order valence-electron chi connectivity index (χ0n) is 11.4. The van der Waals surface area contributed by atoms with Gasteiger partial charge in [-0.15, -0.1) is 0 Å². The summed E-state index contributed by atoms with van der Waals surface area (Å²) >= 11 is 0. The largest absolute Gasteiger partial charge is 0.507 e. The van der Waals surface area contributed by atoms with Gasteiger partial charge in [-0.05, 0) is 18.6 Å². The Balaban J connectivity index is 2.09. The van der Waals surface area contributed by atoms with E-state index in [1.807, 2.05) is 13.8 Å². The number of hydrogen-bond acceptors (Lipinski definition) is 4. The van der Waals surface area contributed by atoms with E-state index in [1.54, 1.807) is 12.1 Å². The summed E-state index contributed by atoms with van der Waals surface area (Å²) in [7, 11) is 1.51. The molecule has 0 radical (unpaired) electrons. The quantitative estimate of drug-likeness (QED) is 0.767. The van der Waals surface area contributed by atoms with Crippen LogP contribution in [0.25, 0.3) is 0 Å². The lowest BCUT2D eigenvalue weighted by Crippen LogP contribution is -2.64. The van der Waals surface area contributed by atoms with Gasteiger partial charge in [0.2, 0.25) is 0 Å². The van der Waals surface area contributed by atoms with Gasteiger partial charge in [0.05, 0.1) is 12.7 Å². The number of aromatic hydroxyl groups is 1. The van der Waals surface area contributed by atoms with E-state index in [1.165, 1.54) is 13.2 Å². The van der Waals surface area contributed by atoms with Crippen LogP contribution in [0.4, 0.5) is 0 Å². The lowest BCUT2D eigenvalue weighted by Gasteiger charge is -2.50. The number of phenols is 1. The number of ether oxygens (including phenoxy) is 1. The number of phenolic OH excluding ortho intramolecular Hbond substituents is 1.